The highest BCUT2D eigenvalue weighted by atomic mass is 127. The molecule has 0 amide bonds. The van der Waals surface area contributed by atoms with Gasteiger partial charge < -0.3 is 33.5 Å². The maximum atomic E-state index is 5.76. The predicted molar refractivity (Wildman–Crippen MR) is 83.1 cm³/mol. The van der Waals surface area contributed by atoms with Crippen molar-refractivity contribution in [3.63, 3.8) is 0 Å². The maximum Gasteiger partial charge on any atom is 0.169 e. The zero-order valence-corrected chi connectivity index (χ0v) is 14.8. The summed E-state index contributed by atoms with van der Waals surface area (Å²) in [6, 6.07) is 10.0. The third-order valence-corrected chi connectivity index (χ3v) is 3.45. The van der Waals surface area contributed by atoms with Gasteiger partial charge >= 0.3 is 0 Å². The van der Waals surface area contributed by atoms with Crippen LogP contribution in [-0.4, -0.2) is 13.7 Å². The number of nitrogens with zero attached hydrogens (tertiary/aromatic N) is 1. The van der Waals surface area contributed by atoms with Crippen LogP contribution < -0.4 is 38.0 Å². The van der Waals surface area contributed by atoms with E-state index in [1.165, 1.54) is 5.56 Å². The molecule has 2 heterocycles. The van der Waals surface area contributed by atoms with E-state index in [1.807, 2.05) is 42.2 Å². The molecule has 3 rings (SSSR count). The highest BCUT2D eigenvalue weighted by molar-refractivity contribution is 5.68. The molecule has 0 unspecified atom stereocenters. The Kier molecular flexibility index (Phi) is 5.60. The number of aromatic nitrogens is 1. The van der Waals surface area contributed by atoms with Crippen LogP contribution in [0.5, 0.6) is 11.5 Å². The first kappa shape index (κ1) is 16.5. The molecule has 0 radical (unpaired) electrons. The zero-order chi connectivity index (χ0) is 14.7. The minimum atomic E-state index is 0. The van der Waals surface area contributed by atoms with Crippen molar-refractivity contribution >= 4 is 12.2 Å². The van der Waals surface area contributed by atoms with Crippen LogP contribution in [0.2, 0.25) is 0 Å². The summed E-state index contributed by atoms with van der Waals surface area (Å²) in [5.41, 5.74) is 3.37. The second-order valence-electron chi connectivity index (χ2n) is 5.04. The average molecular weight is 407 g/mol. The van der Waals surface area contributed by atoms with Crippen LogP contribution in [0.3, 0.4) is 0 Å². The summed E-state index contributed by atoms with van der Waals surface area (Å²) in [4.78, 5) is 0. The lowest BCUT2D eigenvalue weighted by molar-refractivity contribution is -0.671. The summed E-state index contributed by atoms with van der Waals surface area (Å²) in [5.74, 6) is 1.74. The number of methoxy groups -OCH3 is 1. The molecule has 0 saturated carbocycles. The Morgan fingerprint density at radius 3 is 2.64 bits per heavy atom. The normalized spacial score (nSPS) is 12.9. The SMILES string of the molecule is COc1ccc2c(c1)C=C(/C=C/c1cc[n+](C)cc1)CO2.[I-]. The standard InChI is InChI=1S/C18H18NO2.HI/c1-19-9-7-14(8-10-19)3-4-15-11-16-12-17(20-2)5-6-18(16)21-13-15;/h3-12H,13H2,1-2H3;1H/q+1;/p-1/b4-3+;. The summed E-state index contributed by atoms with van der Waals surface area (Å²) in [6.45, 7) is 0.594. The Morgan fingerprint density at radius 1 is 1.14 bits per heavy atom. The van der Waals surface area contributed by atoms with Crippen molar-refractivity contribution in [2.45, 2.75) is 0 Å². The van der Waals surface area contributed by atoms with Crippen molar-refractivity contribution in [3.05, 3.63) is 65.5 Å². The van der Waals surface area contributed by atoms with Crippen molar-refractivity contribution in [1.82, 2.24) is 0 Å². The van der Waals surface area contributed by atoms with Gasteiger partial charge in [0.05, 0.1) is 7.11 Å². The van der Waals surface area contributed by atoms with E-state index in [4.69, 9.17) is 9.47 Å². The molecule has 0 spiro atoms. The minimum absolute atomic E-state index is 0. The second kappa shape index (κ2) is 7.45. The van der Waals surface area contributed by atoms with Gasteiger partial charge in [-0.2, -0.15) is 0 Å². The largest absolute Gasteiger partial charge is 1.00 e. The number of fused-ring (bicyclic) bond motifs is 1. The quantitative estimate of drug-likeness (QED) is 0.529. The molecule has 0 saturated heterocycles. The zero-order valence-electron chi connectivity index (χ0n) is 12.6. The number of pyridine rings is 1. The summed E-state index contributed by atoms with van der Waals surface area (Å²) in [6.07, 6.45) is 10.4. The lowest BCUT2D eigenvalue weighted by Gasteiger charge is -2.16. The molecule has 4 heteroatoms. The van der Waals surface area contributed by atoms with Gasteiger partial charge in [-0.25, -0.2) is 4.57 Å². The van der Waals surface area contributed by atoms with Crippen LogP contribution in [-0.2, 0) is 7.05 Å². The average Bonchev–Trinajstić information content (AvgIpc) is 2.53. The number of hydrogen-bond donors (Lipinski definition) is 0. The van der Waals surface area contributed by atoms with E-state index in [1.54, 1.807) is 7.11 Å². The number of benzene rings is 1. The van der Waals surface area contributed by atoms with Gasteiger partial charge in [0.25, 0.3) is 0 Å². The molecular weight excluding hydrogens is 389 g/mol. The molecule has 1 aromatic heterocycles. The first-order valence-corrected chi connectivity index (χ1v) is 6.89. The van der Waals surface area contributed by atoms with Crippen molar-refractivity contribution < 1.29 is 38.0 Å². The molecule has 0 aliphatic carbocycles. The molecule has 1 aliphatic rings. The van der Waals surface area contributed by atoms with E-state index in [0.717, 1.165) is 22.6 Å². The van der Waals surface area contributed by atoms with Crippen LogP contribution in [0.1, 0.15) is 11.1 Å². The van der Waals surface area contributed by atoms with Gasteiger partial charge in [-0.3, -0.25) is 0 Å². The van der Waals surface area contributed by atoms with Gasteiger partial charge in [-0.05, 0) is 35.4 Å². The third kappa shape index (κ3) is 3.88. The van der Waals surface area contributed by atoms with E-state index in [9.17, 15) is 0 Å². The number of halogens is 1. The van der Waals surface area contributed by atoms with Crippen molar-refractivity contribution in [2.24, 2.45) is 7.05 Å². The highest BCUT2D eigenvalue weighted by Crippen LogP contribution is 2.30. The molecule has 0 N–H and O–H groups in total. The Labute approximate surface area is 147 Å². The van der Waals surface area contributed by atoms with Crippen LogP contribution in [0, 0.1) is 0 Å². The fourth-order valence-electron chi connectivity index (χ4n) is 2.22. The highest BCUT2D eigenvalue weighted by Gasteiger charge is 2.10. The maximum absolute atomic E-state index is 5.76. The van der Waals surface area contributed by atoms with Crippen molar-refractivity contribution in [3.8, 4) is 11.5 Å². The van der Waals surface area contributed by atoms with Crippen LogP contribution in [0.4, 0.5) is 0 Å². The number of rotatable bonds is 3. The lowest BCUT2D eigenvalue weighted by atomic mass is 10.1. The fraction of sp³-hybridized carbons (Fsp3) is 0.167. The first-order valence-electron chi connectivity index (χ1n) is 6.89. The molecular formula is C18H18INO2. The van der Waals surface area contributed by atoms with Gasteiger partial charge in [0.15, 0.2) is 12.4 Å². The molecule has 3 nitrogen and oxygen atoms in total. The smallest absolute Gasteiger partial charge is 0.169 e. The minimum Gasteiger partial charge on any atom is -1.00 e. The van der Waals surface area contributed by atoms with Crippen LogP contribution in [0.15, 0.2) is 54.4 Å². The predicted octanol–water partition coefficient (Wildman–Crippen LogP) is 0.0129. The van der Waals surface area contributed by atoms with Gasteiger partial charge in [0, 0.05) is 17.7 Å². The van der Waals surface area contributed by atoms with E-state index in [2.05, 4.69) is 30.4 Å². The van der Waals surface area contributed by atoms with Gasteiger partial charge in [0.1, 0.15) is 25.2 Å². The molecule has 114 valence electrons. The number of hydrogen-bond acceptors (Lipinski definition) is 2. The Balaban J connectivity index is 0.00000176. The van der Waals surface area contributed by atoms with Crippen LogP contribution >= 0.6 is 0 Å². The Bertz CT molecular complexity index is 706. The summed E-state index contributed by atoms with van der Waals surface area (Å²) in [5, 5.41) is 0. The Hall–Kier alpha value is -1.82. The summed E-state index contributed by atoms with van der Waals surface area (Å²) < 4.78 is 13.0. The van der Waals surface area contributed by atoms with Crippen molar-refractivity contribution in [2.75, 3.05) is 13.7 Å². The van der Waals surface area contributed by atoms with Crippen LogP contribution in [0.25, 0.3) is 12.2 Å². The van der Waals surface area contributed by atoms with Crippen molar-refractivity contribution in [1.29, 1.82) is 0 Å². The Morgan fingerprint density at radius 2 is 1.91 bits per heavy atom. The molecule has 1 aromatic carbocycles. The van der Waals surface area contributed by atoms with E-state index < -0.39 is 0 Å². The second-order valence-corrected chi connectivity index (χ2v) is 5.04. The van der Waals surface area contributed by atoms with Gasteiger partial charge in [-0.1, -0.05) is 12.2 Å². The first-order chi connectivity index (χ1) is 10.2. The summed E-state index contributed by atoms with van der Waals surface area (Å²) in [7, 11) is 3.68. The van der Waals surface area contributed by atoms with E-state index >= 15 is 0 Å². The van der Waals surface area contributed by atoms with Gasteiger partial charge in [0.2, 0.25) is 0 Å². The number of ether oxygens (including phenoxy) is 2. The monoisotopic (exact) mass is 407 g/mol. The number of aryl methyl sites for hydroxylation is 1. The molecule has 0 bridgehead atoms. The lowest BCUT2D eigenvalue weighted by Crippen LogP contribution is -3.00. The fourth-order valence-corrected chi connectivity index (χ4v) is 2.22. The molecule has 22 heavy (non-hydrogen) atoms. The topological polar surface area (TPSA) is 22.3 Å². The van der Waals surface area contributed by atoms with Gasteiger partial charge in [-0.15, -0.1) is 0 Å². The third-order valence-electron chi connectivity index (χ3n) is 3.45. The molecule has 0 fully saturated rings. The van der Waals surface area contributed by atoms with E-state index in [0.29, 0.717) is 6.61 Å². The molecule has 2 aromatic rings. The summed E-state index contributed by atoms with van der Waals surface area (Å²) >= 11 is 0. The molecule has 1 aliphatic heterocycles. The molecule has 0 atom stereocenters. The van der Waals surface area contributed by atoms with E-state index in [-0.39, 0.29) is 24.0 Å².